The lowest BCUT2D eigenvalue weighted by atomic mass is 10.2. The lowest BCUT2D eigenvalue weighted by molar-refractivity contribution is -0.111. The molecule has 0 aliphatic rings. The molecule has 2 nitrogen and oxygen atoms in total. The molecule has 16 heavy (non-hydrogen) atoms. The van der Waals surface area contributed by atoms with Crippen LogP contribution in [0, 0.1) is 6.92 Å². The smallest absolute Gasteiger partial charge is 0.248 e. The van der Waals surface area contributed by atoms with Gasteiger partial charge in [0.15, 0.2) is 0 Å². The highest BCUT2D eigenvalue weighted by Gasteiger charge is 1.97. The second kappa shape index (κ2) is 6.62. The van der Waals surface area contributed by atoms with Gasteiger partial charge in [0.2, 0.25) is 5.91 Å². The van der Waals surface area contributed by atoms with Gasteiger partial charge in [0.25, 0.3) is 0 Å². The van der Waals surface area contributed by atoms with E-state index in [1.165, 1.54) is 0 Å². The summed E-state index contributed by atoms with van der Waals surface area (Å²) in [5.41, 5.74) is 1.81. The maximum absolute atomic E-state index is 11.4. The van der Waals surface area contributed by atoms with Gasteiger partial charge in [-0.2, -0.15) is 0 Å². The van der Waals surface area contributed by atoms with Crippen molar-refractivity contribution in [2.45, 2.75) is 13.3 Å². The molecule has 0 saturated heterocycles. The monoisotopic (exact) mass is 214 g/mol. The van der Waals surface area contributed by atoms with E-state index in [4.69, 9.17) is 0 Å². The van der Waals surface area contributed by atoms with Gasteiger partial charge in [0.1, 0.15) is 0 Å². The van der Waals surface area contributed by atoms with E-state index in [1.54, 1.807) is 12.2 Å². The molecule has 1 aromatic carbocycles. The topological polar surface area (TPSA) is 29.1 Å². The van der Waals surface area contributed by atoms with Crippen LogP contribution in [0.1, 0.15) is 18.9 Å². The molecule has 1 N–H and O–H groups in total. The molecule has 0 heterocycles. The summed E-state index contributed by atoms with van der Waals surface area (Å²) in [4.78, 5) is 11.4. The molecule has 1 rings (SSSR count). The number of hydrogen-bond acceptors (Lipinski definition) is 1. The van der Waals surface area contributed by atoms with Crippen LogP contribution in [-0.4, -0.2) is 5.91 Å². The fraction of sp³-hybridized carbons (Fsp3) is 0.143. The Labute approximate surface area is 96.7 Å². The Morgan fingerprint density at radius 3 is 3.00 bits per heavy atom. The minimum atomic E-state index is -0.0994. The van der Waals surface area contributed by atoms with Gasteiger partial charge in [0, 0.05) is 5.69 Å². The van der Waals surface area contributed by atoms with Crippen LogP contribution in [0.4, 0.5) is 5.69 Å². The van der Waals surface area contributed by atoms with Crippen molar-refractivity contribution in [1.82, 2.24) is 0 Å². The second-order valence-electron chi connectivity index (χ2n) is 3.33. The number of amides is 1. The number of anilines is 1. The van der Waals surface area contributed by atoms with E-state index in [0.29, 0.717) is 0 Å². The van der Waals surface area contributed by atoms with Crippen molar-refractivity contribution in [2.75, 3.05) is 5.32 Å². The second-order valence-corrected chi connectivity index (χ2v) is 3.33. The van der Waals surface area contributed by atoms with E-state index in [1.807, 2.05) is 43.3 Å². The SMILES string of the molecule is [CH2]C=Cc1cccc(NC(=O)C=CCC)c1. The van der Waals surface area contributed by atoms with Crippen LogP contribution in [-0.2, 0) is 4.79 Å². The summed E-state index contributed by atoms with van der Waals surface area (Å²) in [5.74, 6) is -0.0994. The van der Waals surface area contributed by atoms with Gasteiger partial charge >= 0.3 is 0 Å². The quantitative estimate of drug-likeness (QED) is 0.764. The molecule has 1 amide bonds. The lowest BCUT2D eigenvalue weighted by Gasteiger charge is -2.02. The molecule has 1 radical (unpaired) electrons. The molecule has 83 valence electrons. The Kier molecular flexibility index (Phi) is 5.06. The Morgan fingerprint density at radius 2 is 2.31 bits per heavy atom. The van der Waals surface area contributed by atoms with Crippen molar-refractivity contribution >= 4 is 17.7 Å². The van der Waals surface area contributed by atoms with Gasteiger partial charge in [-0.25, -0.2) is 0 Å². The third kappa shape index (κ3) is 4.13. The maximum Gasteiger partial charge on any atom is 0.248 e. The van der Waals surface area contributed by atoms with Crippen LogP contribution in [0.25, 0.3) is 6.08 Å². The third-order valence-electron chi connectivity index (χ3n) is 1.97. The van der Waals surface area contributed by atoms with Crippen LogP contribution in [0.3, 0.4) is 0 Å². The largest absolute Gasteiger partial charge is 0.323 e. The zero-order valence-electron chi connectivity index (χ0n) is 9.44. The van der Waals surface area contributed by atoms with Gasteiger partial charge in [-0.3, -0.25) is 4.79 Å². The first-order valence-electron chi connectivity index (χ1n) is 5.29. The number of rotatable bonds is 4. The van der Waals surface area contributed by atoms with Crippen molar-refractivity contribution in [1.29, 1.82) is 0 Å². The fourth-order valence-corrected chi connectivity index (χ4v) is 1.26. The molecule has 0 saturated carbocycles. The van der Waals surface area contributed by atoms with E-state index in [2.05, 4.69) is 12.2 Å². The summed E-state index contributed by atoms with van der Waals surface area (Å²) in [7, 11) is 0. The molecule has 1 aromatic rings. The minimum Gasteiger partial charge on any atom is -0.323 e. The average Bonchev–Trinajstić information content (AvgIpc) is 2.27. The fourth-order valence-electron chi connectivity index (χ4n) is 1.26. The summed E-state index contributed by atoms with van der Waals surface area (Å²) in [6.45, 7) is 5.62. The highest BCUT2D eigenvalue weighted by atomic mass is 16.1. The van der Waals surface area contributed by atoms with Crippen LogP contribution >= 0.6 is 0 Å². The predicted molar refractivity (Wildman–Crippen MR) is 68.9 cm³/mol. The Balaban J connectivity index is 2.70. The standard InChI is InChI=1S/C14H16NO/c1-3-5-10-14(16)15-13-9-6-8-12(11-13)7-4-2/h4-11H,2-3H2,1H3,(H,15,16). The molecule has 2 heteroatoms. The predicted octanol–water partition coefficient (Wildman–Crippen LogP) is 3.44. The molecule has 0 spiro atoms. The first-order chi connectivity index (χ1) is 7.76. The van der Waals surface area contributed by atoms with Gasteiger partial charge in [-0.05, 0) is 37.1 Å². The van der Waals surface area contributed by atoms with Crippen molar-refractivity contribution < 1.29 is 4.79 Å². The zero-order chi connectivity index (χ0) is 11.8. The molecule has 0 aliphatic heterocycles. The highest BCUT2D eigenvalue weighted by Crippen LogP contribution is 2.11. The Morgan fingerprint density at radius 1 is 1.50 bits per heavy atom. The zero-order valence-corrected chi connectivity index (χ0v) is 9.44. The molecule has 0 atom stereocenters. The molecule has 0 bridgehead atoms. The van der Waals surface area contributed by atoms with E-state index in [9.17, 15) is 4.79 Å². The number of carbonyl (C=O) groups is 1. The molecular weight excluding hydrogens is 198 g/mol. The number of carbonyl (C=O) groups excluding carboxylic acids is 1. The molecule has 0 aliphatic carbocycles. The van der Waals surface area contributed by atoms with Crippen molar-refractivity contribution in [3.63, 3.8) is 0 Å². The van der Waals surface area contributed by atoms with Crippen molar-refractivity contribution in [3.8, 4) is 0 Å². The van der Waals surface area contributed by atoms with Gasteiger partial charge in [-0.15, -0.1) is 0 Å². The number of allylic oxidation sites excluding steroid dienone is 2. The van der Waals surface area contributed by atoms with Gasteiger partial charge < -0.3 is 5.32 Å². The summed E-state index contributed by atoms with van der Waals surface area (Å²) in [6.07, 6.45) is 7.84. The summed E-state index contributed by atoms with van der Waals surface area (Å²) >= 11 is 0. The highest BCUT2D eigenvalue weighted by molar-refractivity contribution is 5.99. The number of hydrogen-bond donors (Lipinski definition) is 1. The van der Waals surface area contributed by atoms with Gasteiger partial charge in [0.05, 0.1) is 0 Å². The summed E-state index contributed by atoms with van der Waals surface area (Å²) in [5, 5.41) is 2.80. The number of nitrogens with one attached hydrogen (secondary N) is 1. The van der Waals surface area contributed by atoms with E-state index in [-0.39, 0.29) is 5.91 Å². The van der Waals surface area contributed by atoms with Crippen molar-refractivity contribution in [3.05, 3.63) is 55.0 Å². The minimum absolute atomic E-state index is 0.0994. The molecule has 0 unspecified atom stereocenters. The van der Waals surface area contributed by atoms with Gasteiger partial charge in [-0.1, -0.05) is 37.3 Å². The van der Waals surface area contributed by atoms with E-state index < -0.39 is 0 Å². The average molecular weight is 214 g/mol. The molecule has 0 aromatic heterocycles. The molecule has 0 fully saturated rings. The summed E-state index contributed by atoms with van der Waals surface area (Å²) in [6, 6.07) is 7.62. The van der Waals surface area contributed by atoms with Crippen molar-refractivity contribution in [2.24, 2.45) is 0 Å². The Hall–Kier alpha value is -1.83. The first-order valence-corrected chi connectivity index (χ1v) is 5.29. The third-order valence-corrected chi connectivity index (χ3v) is 1.97. The first kappa shape index (κ1) is 12.2. The number of benzene rings is 1. The van der Waals surface area contributed by atoms with Crippen LogP contribution < -0.4 is 5.32 Å². The summed E-state index contributed by atoms with van der Waals surface area (Å²) < 4.78 is 0. The van der Waals surface area contributed by atoms with Crippen LogP contribution in [0.5, 0.6) is 0 Å². The molecular formula is C14H16NO. The van der Waals surface area contributed by atoms with E-state index in [0.717, 1.165) is 17.7 Å². The van der Waals surface area contributed by atoms with Crippen LogP contribution in [0.15, 0.2) is 42.5 Å². The van der Waals surface area contributed by atoms with Crippen LogP contribution in [0.2, 0.25) is 0 Å². The van der Waals surface area contributed by atoms with E-state index >= 15 is 0 Å². The lowest BCUT2D eigenvalue weighted by Crippen LogP contribution is -2.07. The Bertz CT molecular complexity index is 405. The normalized spacial score (nSPS) is 11.1. The maximum atomic E-state index is 11.4.